The van der Waals surface area contributed by atoms with Crippen LogP contribution < -0.4 is 0 Å². The number of carbonyl (C=O) groups excluding carboxylic acids is 1. The van der Waals surface area contributed by atoms with E-state index >= 15 is 0 Å². The van der Waals surface area contributed by atoms with Gasteiger partial charge >= 0.3 is 0 Å². The number of carbonyl (C=O) groups is 1. The van der Waals surface area contributed by atoms with Gasteiger partial charge in [-0.3, -0.25) is 4.79 Å². The van der Waals surface area contributed by atoms with Crippen molar-refractivity contribution in [3.63, 3.8) is 0 Å². The molecule has 0 aromatic carbocycles. The van der Waals surface area contributed by atoms with Crippen LogP contribution in [0.4, 0.5) is 0 Å². The second-order valence-electron chi connectivity index (χ2n) is 5.98. The van der Waals surface area contributed by atoms with Crippen molar-refractivity contribution < 1.29 is 4.79 Å². The van der Waals surface area contributed by atoms with Gasteiger partial charge < -0.3 is 0 Å². The summed E-state index contributed by atoms with van der Waals surface area (Å²) in [5.41, 5.74) is 0.405. The molecule has 0 heterocycles. The Bertz CT molecular complexity index is 376. The maximum atomic E-state index is 11.7. The molecule has 2 heteroatoms. The molecule has 2 bridgehead atoms. The van der Waals surface area contributed by atoms with Gasteiger partial charge in [-0.05, 0) is 55.3 Å². The highest BCUT2D eigenvalue weighted by atomic mass is 16.1. The molecule has 0 aliphatic heterocycles. The second-order valence-corrected chi connectivity index (χ2v) is 5.98. The van der Waals surface area contributed by atoms with E-state index in [0.717, 1.165) is 37.0 Å². The van der Waals surface area contributed by atoms with Crippen molar-refractivity contribution in [1.82, 2.24) is 0 Å². The predicted octanol–water partition coefficient (Wildman–Crippen LogP) is 1.91. The van der Waals surface area contributed by atoms with Crippen LogP contribution in [0.25, 0.3) is 0 Å². The predicted molar refractivity (Wildman–Crippen MR) is 49.0 cm³/mol. The molecule has 0 aromatic rings. The first kappa shape index (κ1) is 7.45. The van der Waals surface area contributed by atoms with Gasteiger partial charge in [0.05, 0.1) is 0 Å². The minimum atomic E-state index is -0.171. The lowest BCUT2D eigenvalue weighted by molar-refractivity contribution is -0.177. The number of Topliss-reactive ketones (excluding diaryl/α,β-unsaturated/α-hetero) is 1. The molecule has 0 saturated heterocycles. The summed E-state index contributed by atoms with van der Waals surface area (Å²) in [6.45, 7) is 0. The Hall–Kier alpha value is -0.840. The van der Waals surface area contributed by atoms with Crippen LogP contribution in [-0.4, -0.2) is 5.78 Å². The average Bonchev–Trinajstić information content (AvgIpc) is 2.62. The fourth-order valence-electron chi connectivity index (χ4n) is 5.46. The fraction of sp³-hybridized carbons (Fsp3) is 0.833. The van der Waals surface area contributed by atoms with E-state index in [1.54, 1.807) is 0 Å². The number of hydrogen-bond acceptors (Lipinski definition) is 2. The molecular weight excluding hydrogens is 174 g/mol. The normalized spacial score (nSPS) is 60.9. The van der Waals surface area contributed by atoms with E-state index in [1.807, 2.05) is 6.07 Å². The van der Waals surface area contributed by atoms with Crippen molar-refractivity contribution in [3.8, 4) is 6.07 Å². The maximum absolute atomic E-state index is 11.7. The lowest BCUT2D eigenvalue weighted by atomic mass is 9.38. The Morgan fingerprint density at radius 3 is 2.29 bits per heavy atom. The first-order valence-electron chi connectivity index (χ1n) is 5.66. The summed E-state index contributed by atoms with van der Waals surface area (Å²) in [4.78, 5) is 11.7. The molecule has 0 aromatic heterocycles. The molecule has 0 N–H and O–H groups in total. The molecule has 1 spiro atoms. The van der Waals surface area contributed by atoms with Crippen molar-refractivity contribution in [2.75, 3.05) is 0 Å². The summed E-state index contributed by atoms with van der Waals surface area (Å²) in [6.07, 6.45) is 5.89. The highest BCUT2D eigenvalue weighted by Gasteiger charge is 2.78. The number of fused-ring (bicyclic) bond motifs is 1. The van der Waals surface area contributed by atoms with E-state index in [2.05, 4.69) is 0 Å². The summed E-state index contributed by atoms with van der Waals surface area (Å²) in [7, 11) is 0. The van der Waals surface area contributed by atoms with Crippen LogP contribution in [0.5, 0.6) is 0 Å². The summed E-state index contributed by atoms with van der Waals surface area (Å²) < 4.78 is 0. The van der Waals surface area contributed by atoms with Gasteiger partial charge in [0, 0.05) is 5.41 Å². The molecule has 4 rings (SSSR count). The fourth-order valence-corrected chi connectivity index (χ4v) is 5.46. The van der Waals surface area contributed by atoms with Gasteiger partial charge in [-0.2, -0.15) is 5.26 Å². The Labute approximate surface area is 83.3 Å². The number of nitrogens with zero attached hydrogens (tertiary/aromatic N) is 1. The van der Waals surface area contributed by atoms with E-state index in [4.69, 9.17) is 5.26 Å². The lowest BCUT2D eigenvalue weighted by Gasteiger charge is -2.66. The Morgan fingerprint density at radius 1 is 1.21 bits per heavy atom. The largest absolute Gasteiger partial charge is 0.282 e. The van der Waals surface area contributed by atoms with E-state index in [0.29, 0.717) is 5.41 Å². The van der Waals surface area contributed by atoms with Crippen molar-refractivity contribution in [2.24, 2.45) is 28.6 Å². The van der Waals surface area contributed by atoms with Gasteiger partial charge in [0.15, 0.2) is 0 Å². The summed E-state index contributed by atoms with van der Waals surface area (Å²) in [6, 6.07) is 1.89. The van der Waals surface area contributed by atoms with Crippen molar-refractivity contribution in [3.05, 3.63) is 0 Å². The molecule has 4 aliphatic rings. The molecule has 4 saturated carbocycles. The molecule has 0 amide bonds. The van der Waals surface area contributed by atoms with Crippen LogP contribution in [0.3, 0.4) is 0 Å². The SMILES string of the molecule is N#CC(=O)C12CC3CC4CC(C1)C43C2. The summed E-state index contributed by atoms with van der Waals surface area (Å²) in [5, 5.41) is 8.80. The number of rotatable bonds is 1. The van der Waals surface area contributed by atoms with Gasteiger partial charge in [-0.15, -0.1) is 0 Å². The minimum absolute atomic E-state index is 0.102. The van der Waals surface area contributed by atoms with E-state index < -0.39 is 0 Å². The zero-order chi connectivity index (χ0) is 9.55. The zero-order valence-corrected chi connectivity index (χ0v) is 8.12. The van der Waals surface area contributed by atoms with Crippen LogP contribution in [0.15, 0.2) is 0 Å². The van der Waals surface area contributed by atoms with Crippen LogP contribution in [0.2, 0.25) is 0 Å². The molecule has 2 nitrogen and oxygen atoms in total. The first-order valence-corrected chi connectivity index (χ1v) is 5.66. The van der Waals surface area contributed by atoms with Gasteiger partial charge in [-0.25, -0.2) is 0 Å². The standard InChI is InChI=1S/C12H13NO/c13-5-10(14)11-3-8-1-7-2-9(4-11)12(7,8)6-11/h7-9H,1-4,6H2. The molecule has 2 atom stereocenters. The van der Waals surface area contributed by atoms with Crippen LogP contribution in [-0.2, 0) is 4.79 Å². The zero-order valence-electron chi connectivity index (χ0n) is 8.12. The van der Waals surface area contributed by atoms with Crippen molar-refractivity contribution in [1.29, 1.82) is 5.26 Å². The summed E-state index contributed by atoms with van der Waals surface area (Å²) in [5.74, 6) is 2.47. The van der Waals surface area contributed by atoms with E-state index in [9.17, 15) is 4.79 Å². The molecule has 2 unspecified atom stereocenters. The second kappa shape index (κ2) is 1.78. The Balaban J connectivity index is 1.80. The number of ketones is 1. The Morgan fingerprint density at radius 2 is 1.86 bits per heavy atom. The monoisotopic (exact) mass is 187 g/mol. The van der Waals surface area contributed by atoms with Crippen LogP contribution in [0, 0.1) is 39.9 Å². The van der Waals surface area contributed by atoms with Gasteiger partial charge in [-0.1, -0.05) is 0 Å². The third-order valence-electron chi connectivity index (χ3n) is 5.92. The molecule has 0 radical (unpaired) electrons. The highest BCUT2D eigenvalue weighted by molar-refractivity contribution is 5.99. The van der Waals surface area contributed by atoms with Gasteiger partial charge in [0.1, 0.15) is 6.07 Å². The summed E-state index contributed by atoms with van der Waals surface area (Å²) >= 11 is 0. The van der Waals surface area contributed by atoms with E-state index in [1.165, 1.54) is 12.8 Å². The molecular formula is C12H13NO. The number of nitriles is 1. The quantitative estimate of drug-likeness (QED) is 0.588. The van der Waals surface area contributed by atoms with Crippen LogP contribution in [0.1, 0.15) is 32.1 Å². The third-order valence-corrected chi connectivity index (χ3v) is 5.92. The number of hydrogen-bond donors (Lipinski definition) is 0. The highest BCUT2D eigenvalue weighted by Crippen LogP contribution is 2.84. The van der Waals surface area contributed by atoms with E-state index in [-0.39, 0.29) is 11.2 Å². The lowest BCUT2D eigenvalue weighted by Crippen LogP contribution is -2.59. The smallest absolute Gasteiger partial charge is 0.238 e. The third kappa shape index (κ3) is 0.477. The average molecular weight is 187 g/mol. The van der Waals surface area contributed by atoms with Gasteiger partial charge in [0.25, 0.3) is 0 Å². The van der Waals surface area contributed by atoms with Crippen molar-refractivity contribution in [2.45, 2.75) is 32.1 Å². The van der Waals surface area contributed by atoms with Crippen LogP contribution >= 0.6 is 0 Å². The van der Waals surface area contributed by atoms with Gasteiger partial charge in [0.2, 0.25) is 5.78 Å². The molecule has 4 aliphatic carbocycles. The Kier molecular flexibility index (Phi) is 0.948. The molecule has 14 heavy (non-hydrogen) atoms. The van der Waals surface area contributed by atoms with Crippen molar-refractivity contribution >= 4 is 5.78 Å². The topological polar surface area (TPSA) is 40.9 Å². The maximum Gasteiger partial charge on any atom is 0.238 e. The minimum Gasteiger partial charge on any atom is -0.282 e. The molecule has 72 valence electrons. The molecule has 4 fully saturated rings. The first-order chi connectivity index (χ1) is 6.71.